The monoisotopic (exact) mass is 757 g/mol. The molecule has 0 radical (unpaired) electrons. The minimum atomic E-state index is 0.990. The van der Waals surface area contributed by atoms with E-state index in [9.17, 15) is 0 Å². The summed E-state index contributed by atoms with van der Waals surface area (Å²) in [7, 11) is 0. The highest BCUT2D eigenvalue weighted by atomic mass is 14.5. The van der Waals surface area contributed by atoms with Gasteiger partial charge >= 0.3 is 0 Å². The minimum absolute atomic E-state index is 0.990. The van der Waals surface area contributed by atoms with Gasteiger partial charge < -0.3 is 0 Å². The predicted molar refractivity (Wildman–Crippen MR) is 238 cm³/mol. The molecule has 316 valence electrons. The molecule has 8 aliphatic carbocycles. The van der Waals surface area contributed by atoms with E-state index in [2.05, 4.69) is 20.8 Å². The molecule has 0 heteroatoms. The van der Waals surface area contributed by atoms with Gasteiger partial charge in [0.15, 0.2) is 0 Å². The van der Waals surface area contributed by atoms with E-state index >= 15 is 0 Å². The van der Waals surface area contributed by atoms with Crippen LogP contribution in [-0.4, -0.2) is 0 Å². The first-order chi connectivity index (χ1) is 27.0. The smallest absolute Gasteiger partial charge is 0.0329 e. The van der Waals surface area contributed by atoms with Crippen LogP contribution >= 0.6 is 0 Å². The standard InChI is InChI=1S/C55H96/c1-4-40-18-23-48(24-19-40)49-27-29-50(30-28-49)51-31-33-52(34-32-51)55-53(36-43-16-14-42(15-17-43)35-41-9-8-10-41)38-54(55)37-44-20-25-47(26-21-44)45(5-2)22-13-39(3)46-11-6-7-12-46/h39-55H,4-38H2,1-3H3. The summed E-state index contributed by atoms with van der Waals surface area (Å²) in [5, 5.41) is 0. The predicted octanol–water partition coefficient (Wildman–Crippen LogP) is 17.3. The van der Waals surface area contributed by atoms with Crippen molar-refractivity contribution in [1.29, 1.82) is 0 Å². The fraction of sp³-hybridized carbons (Fsp3) is 1.00. The molecule has 0 heterocycles. The highest BCUT2D eigenvalue weighted by Crippen LogP contribution is 2.57. The lowest BCUT2D eigenvalue weighted by Crippen LogP contribution is -2.45. The average Bonchev–Trinajstić information content (AvgIpc) is 3.76. The maximum Gasteiger partial charge on any atom is -0.0329 e. The van der Waals surface area contributed by atoms with Gasteiger partial charge in [0, 0.05) is 0 Å². The second-order valence-corrected chi connectivity index (χ2v) is 23.8. The maximum atomic E-state index is 2.61. The molecule has 0 bridgehead atoms. The summed E-state index contributed by atoms with van der Waals surface area (Å²) >= 11 is 0. The zero-order valence-electron chi connectivity index (χ0n) is 37.6. The van der Waals surface area contributed by atoms with Crippen LogP contribution in [0.5, 0.6) is 0 Å². The lowest BCUT2D eigenvalue weighted by molar-refractivity contribution is -0.0399. The van der Waals surface area contributed by atoms with E-state index < -0.39 is 0 Å². The molecule has 8 fully saturated rings. The van der Waals surface area contributed by atoms with Gasteiger partial charge in [-0.2, -0.15) is 0 Å². The number of hydrogen-bond acceptors (Lipinski definition) is 0. The van der Waals surface area contributed by atoms with Crippen molar-refractivity contribution in [2.75, 3.05) is 0 Å². The van der Waals surface area contributed by atoms with Crippen LogP contribution in [0.1, 0.15) is 245 Å². The van der Waals surface area contributed by atoms with Crippen LogP contribution in [0.25, 0.3) is 0 Å². The first-order valence-corrected chi connectivity index (χ1v) is 27.0. The zero-order valence-corrected chi connectivity index (χ0v) is 37.6. The Balaban J connectivity index is 0.807. The van der Waals surface area contributed by atoms with E-state index in [1.54, 1.807) is 173 Å². The Labute approximate surface area is 344 Å². The highest BCUT2D eigenvalue weighted by Gasteiger charge is 2.48. The van der Waals surface area contributed by atoms with Gasteiger partial charge in [0.25, 0.3) is 0 Å². The van der Waals surface area contributed by atoms with Gasteiger partial charge in [-0.15, -0.1) is 0 Å². The zero-order chi connectivity index (χ0) is 37.6. The lowest BCUT2D eigenvalue weighted by atomic mass is 9.52. The van der Waals surface area contributed by atoms with E-state index in [1.165, 1.54) is 51.4 Å². The molecule has 55 heavy (non-hydrogen) atoms. The molecule has 5 atom stereocenters. The second-order valence-electron chi connectivity index (χ2n) is 23.8. The molecule has 0 saturated heterocycles. The number of hydrogen-bond donors (Lipinski definition) is 0. The van der Waals surface area contributed by atoms with Crippen LogP contribution in [0.2, 0.25) is 0 Å². The van der Waals surface area contributed by atoms with Crippen molar-refractivity contribution in [2.24, 2.45) is 101 Å². The van der Waals surface area contributed by atoms with Crippen molar-refractivity contribution in [2.45, 2.75) is 245 Å². The summed E-state index contributed by atoms with van der Waals surface area (Å²) in [4.78, 5) is 0. The summed E-state index contributed by atoms with van der Waals surface area (Å²) in [5.74, 6) is 18.4. The molecule has 0 aromatic carbocycles. The van der Waals surface area contributed by atoms with Gasteiger partial charge in [0.2, 0.25) is 0 Å². The highest BCUT2D eigenvalue weighted by molar-refractivity contribution is 4.98. The lowest BCUT2D eigenvalue weighted by Gasteiger charge is -2.54. The van der Waals surface area contributed by atoms with Crippen molar-refractivity contribution in [3.05, 3.63) is 0 Å². The molecule has 0 amide bonds. The molecule has 8 aliphatic rings. The second kappa shape index (κ2) is 20.5. The molecule has 0 spiro atoms. The van der Waals surface area contributed by atoms with E-state index in [-0.39, 0.29) is 0 Å². The molecule has 5 unspecified atom stereocenters. The van der Waals surface area contributed by atoms with Gasteiger partial charge in [0.05, 0.1) is 0 Å². The Bertz CT molecular complexity index is 1060. The average molecular weight is 757 g/mol. The van der Waals surface area contributed by atoms with Gasteiger partial charge in [0.1, 0.15) is 0 Å². The third-order valence-corrected chi connectivity index (χ3v) is 21.1. The van der Waals surface area contributed by atoms with Crippen molar-refractivity contribution >= 4 is 0 Å². The van der Waals surface area contributed by atoms with Crippen LogP contribution in [-0.2, 0) is 0 Å². The molecule has 0 aromatic rings. The van der Waals surface area contributed by atoms with Crippen LogP contribution in [0.3, 0.4) is 0 Å². The Kier molecular flexibility index (Phi) is 15.6. The fourth-order valence-corrected chi connectivity index (χ4v) is 17.0. The third kappa shape index (κ3) is 10.9. The molecular weight excluding hydrogens is 661 g/mol. The van der Waals surface area contributed by atoms with Crippen molar-refractivity contribution in [1.82, 2.24) is 0 Å². The molecule has 0 aliphatic heterocycles. The van der Waals surface area contributed by atoms with Crippen molar-refractivity contribution in [3.8, 4) is 0 Å². The van der Waals surface area contributed by atoms with Crippen molar-refractivity contribution in [3.63, 3.8) is 0 Å². The van der Waals surface area contributed by atoms with Crippen molar-refractivity contribution < 1.29 is 0 Å². The van der Waals surface area contributed by atoms with Crippen LogP contribution in [0, 0.1) is 101 Å². The van der Waals surface area contributed by atoms with E-state index in [1.807, 2.05) is 0 Å². The third-order valence-electron chi connectivity index (χ3n) is 21.1. The van der Waals surface area contributed by atoms with Crippen LogP contribution in [0.4, 0.5) is 0 Å². The Morgan fingerprint density at radius 1 is 0.382 bits per heavy atom. The summed E-state index contributed by atoms with van der Waals surface area (Å²) in [5.41, 5.74) is 0. The molecular formula is C55H96. The van der Waals surface area contributed by atoms with Crippen LogP contribution in [0.15, 0.2) is 0 Å². The fourth-order valence-electron chi connectivity index (χ4n) is 17.0. The Morgan fingerprint density at radius 2 is 0.818 bits per heavy atom. The summed E-state index contributed by atoms with van der Waals surface area (Å²) in [6.45, 7) is 7.58. The topological polar surface area (TPSA) is 0 Å². The largest absolute Gasteiger partial charge is 0.0651 e. The first kappa shape index (κ1) is 41.7. The van der Waals surface area contributed by atoms with E-state index in [4.69, 9.17) is 0 Å². The summed E-state index contributed by atoms with van der Waals surface area (Å²) in [6.07, 6.45) is 55.1. The number of rotatable bonds is 16. The molecule has 0 nitrogen and oxygen atoms in total. The SMILES string of the molecule is CCC1CCC(C2CCC(C3CCC(C4C(CC5CCC(CC6CCC6)CC5)CC4CC4CCC(C(CC)CCC(C)C5CCCC5)CC4)CC3)CC2)CC1. The maximum absolute atomic E-state index is 2.61. The van der Waals surface area contributed by atoms with Gasteiger partial charge in [-0.1, -0.05) is 136 Å². The van der Waals surface area contributed by atoms with E-state index in [0.29, 0.717) is 0 Å². The molecule has 0 aromatic heterocycles. The summed E-state index contributed by atoms with van der Waals surface area (Å²) < 4.78 is 0. The van der Waals surface area contributed by atoms with Crippen LogP contribution < -0.4 is 0 Å². The Hall–Kier alpha value is 0. The molecule has 0 N–H and O–H groups in total. The minimum Gasteiger partial charge on any atom is -0.0651 e. The van der Waals surface area contributed by atoms with Gasteiger partial charge in [-0.25, -0.2) is 0 Å². The quantitative estimate of drug-likeness (QED) is 0.147. The normalized spacial score (nSPS) is 43.4. The first-order valence-electron chi connectivity index (χ1n) is 27.0. The summed E-state index contributed by atoms with van der Waals surface area (Å²) in [6, 6.07) is 0. The van der Waals surface area contributed by atoms with Gasteiger partial charge in [-0.05, 0) is 210 Å². The van der Waals surface area contributed by atoms with E-state index in [0.717, 1.165) is 101 Å². The van der Waals surface area contributed by atoms with Gasteiger partial charge in [-0.3, -0.25) is 0 Å². The Morgan fingerprint density at radius 3 is 1.29 bits per heavy atom. The molecule has 8 rings (SSSR count). The molecule has 8 saturated carbocycles.